The lowest BCUT2D eigenvalue weighted by Gasteiger charge is -2.19. The number of thiophene rings is 1. The summed E-state index contributed by atoms with van der Waals surface area (Å²) < 4.78 is 10.8. The van der Waals surface area contributed by atoms with E-state index < -0.39 is 0 Å². The van der Waals surface area contributed by atoms with Crippen LogP contribution in [0.25, 0.3) is 0 Å². The first-order valence-corrected chi connectivity index (χ1v) is 8.74. The van der Waals surface area contributed by atoms with Crippen LogP contribution in [-0.2, 0) is 24.3 Å². The summed E-state index contributed by atoms with van der Waals surface area (Å²) in [5.74, 6) is 1.66. The third kappa shape index (κ3) is 5.11. The molecule has 0 unspecified atom stereocenters. The van der Waals surface area contributed by atoms with Gasteiger partial charge in [-0.25, -0.2) is 0 Å². The van der Waals surface area contributed by atoms with Crippen LogP contribution in [0.1, 0.15) is 16.4 Å². The fourth-order valence-corrected chi connectivity index (χ4v) is 3.16. The SMILES string of the molecule is O=C(CN(Cc1ccco1)Cc1ccco1)NCCc1cccs1. The number of rotatable bonds is 9. The second kappa shape index (κ2) is 8.52. The van der Waals surface area contributed by atoms with E-state index in [-0.39, 0.29) is 5.91 Å². The highest BCUT2D eigenvalue weighted by atomic mass is 32.1. The summed E-state index contributed by atoms with van der Waals surface area (Å²) >= 11 is 1.71. The number of nitrogens with zero attached hydrogens (tertiary/aromatic N) is 1. The summed E-state index contributed by atoms with van der Waals surface area (Å²) in [5, 5.41) is 5.02. The molecule has 6 heteroatoms. The van der Waals surface area contributed by atoms with E-state index >= 15 is 0 Å². The minimum Gasteiger partial charge on any atom is -0.468 e. The van der Waals surface area contributed by atoms with Gasteiger partial charge in [-0.1, -0.05) is 6.07 Å². The summed E-state index contributed by atoms with van der Waals surface area (Å²) in [5.41, 5.74) is 0. The van der Waals surface area contributed by atoms with E-state index in [0.29, 0.717) is 26.2 Å². The highest BCUT2D eigenvalue weighted by molar-refractivity contribution is 7.09. The molecule has 3 aromatic rings. The maximum absolute atomic E-state index is 12.2. The van der Waals surface area contributed by atoms with E-state index in [2.05, 4.69) is 11.4 Å². The molecule has 1 amide bonds. The van der Waals surface area contributed by atoms with E-state index in [1.54, 1.807) is 23.9 Å². The first kappa shape index (κ1) is 16.5. The first-order valence-electron chi connectivity index (χ1n) is 7.86. The van der Waals surface area contributed by atoms with Crippen molar-refractivity contribution >= 4 is 17.2 Å². The largest absolute Gasteiger partial charge is 0.468 e. The number of furan rings is 2. The second-order valence-electron chi connectivity index (χ2n) is 5.48. The molecule has 0 saturated heterocycles. The maximum Gasteiger partial charge on any atom is 0.234 e. The van der Waals surface area contributed by atoms with Crippen molar-refractivity contribution in [3.63, 3.8) is 0 Å². The molecule has 24 heavy (non-hydrogen) atoms. The molecule has 126 valence electrons. The monoisotopic (exact) mass is 344 g/mol. The molecule has 0 aliphatic carbocycles. The van der Waals surface area contributed by atoms with Crippen molar-refractivity contribution < 1.29 is 13.6 Å². The van der Waals surface area contributed by atoms with Crippen LogP contribution in [0.2, 0.25) is 0 Å². The van der Waals surface area contributed by atoms with E-state index in [0.717, 1.165) is 17.9 Å². The van der Waals surface area contributed by atoms with Crippen LogP contribution in [0.5, 0.6) is 0 Å². The highest BCUT2D eigenvalue weighted by Gasteiger charge is 2.14. The average Bonchev–Trinajstić information content (AvgIpc) is 3.30. The Labute approximate surface area is 144 Å². The molecule has 5 nitrogen and oxygen atoms in total. The van der Waals surface area contributed by atoms with Crippen molar-refractivity contribution in [2.24, 2.45) is 0 Å². The van der Waals surface area contributed by atoms with Crippen LogP contribution >= 0.6 is 11.3 Å². The Morgan fingerprint density at radius 1 is 1.04 bits per heavy atom. The Bertz CT molecular complexity index is 669. The lowest BCUT2D eigenvalue weighted by Crippen LogP contribution is -2.37. The highest BCUT2D eigenvalue weighted by Crippen LogP contribution is 2.11. The predicted molar refractivity (Wildman–Crippen MR) is 92.6 cm³/mol. The van der Waals surface area contributed by atoms with Crippen molar-refractivity contribution in [3.05, 3.63) is 70.7 Å². The minimum atomic E-state index is 0.00432. The fourth-order valence-electron chi connectivity index (χ4n) is 2.45. The topological polar surface area (TPSA) is 58.6 Å². The maximum atomic E-state index is 12.2. The summed E-state index contributed by atoms with van der Waals surface area (Å²) in [6, 6.07) is 11.6. The third-order valence-corrected chi connectivity index (χ3v) is 4.50. The lowest BCUT2D eigenvalue weighted by molar-refractivity contribution is -0.122. The molecule has 0 fully saturated rings. The van der Waals surface area contributed by atoms with Gasteiger partial charge in [0, 0.05) is 11.4 Å². The molecule has 1 N–H and O–H groups in total. The van der Waals surface area contributed by atoms with E-state index in [9.17, 15) is 4.79 Å². The van der Waals surface area contributed by atoms with Gasteiger partial charge in [0.05, 0.1) is 32.2 Å². The Hall–Kier alpha value is -2.31. The Kier molecular flexibility index (Phi) is 5.87. The summed E-state index contributed by atoms with van der Waals surface area (Å²) in [7, 11) is 0. The van der Waals surface area contributed by atoms with Gasteiger partial charge in [-0.15, -0.1) is 11.3 Å². The van der Waals surface area contributed by atoms with Gasteiger partial charge in [0.15, 0.2) is 0 Å². The minimum absolute atomic E-state index is 0.00432. The lowest BCUT2D eigenvalue weighted by atomic mass is 10.3. The Morgan fingerprint density at radius 2 is 1.75 bits per heavy atom. The summed E-state index contributed by atoms with van der Waals surface area (Å²) in [6.45, 7) is 2.07. The number of hydrogen-bond donors (Lipinski definition) is 1. The molecule has 3 heterocycles. The van der Waals surface area contributed by atoms with Gasteiger partial charge in [0.1, 0.15) is 11.5 Å². The van der Waals surface area contributed by atoms with Crippen molar-refractivity contribution in [2.75, 3.05) is 13.1 Å². The van der Waals surface area contributed by atoms with Gasteiger partial charge in [-0.2, -0.15) is 0 Å². The van der Waals surface area contributed by atoms with Gasteiger partial charge < -0.3 is 14.2 Å². The van der Waals surface area contributed by atoms with Gasteiger partial charge in [0.2, 0.25) is 5.91 Å². The predicted octanol–water partition coefficient (Wildman–Crippen LogP) is 3.30. The number of carbonyl (C=O) groups is 1. The zero-order chi connectivity index (χ0) is 16.6. The molecule has 0 aliphatic rings. The molecule has 3 rings (SSSR count). The zero-order valence-corrected chi connectivity index (χ0v) is 14.1. The van der Waals surface area contributed by atoms with Crippen molar-refractivity contribution in [2.45, 2.75) is 19.5 Å². The van der Waals surface area contributed by atoms with E-state index in [1.807, 2.05) is 40.6 Å². The molecule has 0 atom stereocenters. The quantitative estimate of drug-likeness (QED) is 0.647. The zero-order valence-electron chi connectivity index (χ0n) is 13.3. The average molecular weight is 344 g/mol. The molecular weight excluding hydrogens is 324 g/mol. The smallest absolute Gasteiger partial charge is 0.234 e. The molecule has 0 radical (unpaired) electrons. The summed E-state index contributed by atoms with van der Waals surface area (Å²) in [4.78, 5) is 15.5. The van der Waals surface area contributed by atoms with Crippen LogP contribution in [0, 0.1) is 0 Å². The van der Waals surface area contributed by atoms with Crippen LogP contribution in [-0.4, -0.2) is 23.9 Å². The van der Waals surface area contributed by atoms with Crippen molar-refractivity contribution in [1.82, 2.24) is 10.2 Å². The number of carbonyl (C=O) groups excluding carboxylic acids is 1. The van der Waals surface area contributed by atoms with Crippen LogP contribution < -0.4 is 5.32 Å². The van der Waals surface area contributed by atoms with Gasteiger partial charge in [0.25, 0.3) is 0 Å². The molecule has 0 spiro atoms. The van der Waals surface area contributed by atoms with E-state index in [4.69, 9.17) is 8.83 Å². The van der Waals surface area contributed by atoms with Crippen molar-refractivity contribution in [3.8, 4) is 0 Å². The van der Waals surface area contributed by atoms with Crippen LogP contribution in [0.3, 0.4) is 0 Å². The number of amides is 1. The Morgan fingerprint density at radius 3 is 2.29 bits per heavy atom. The molecule has 0 bridgehead atoms. The van der Waals surface area contributed by atoms with Crippen molar-refractivity contribution in [1.29, 1.82) is 0 Å². The number of nitrogens with one attached hydrogen (secondary N) is 1. The normalized spacial score (nSPS) is 11.0. The van der Waals surface area contributed by atoms with Crippen LogP contribution in [0.4, 0.5) is 0 Å². The summed E-state index contributed by atoms with van der Waals surface area (Å²) in [6.07, 6.45) is 4.14. The second-order valence-corrected chi connectivity index (χ2v) is 6.52. The number of hydrogen-bond acceptors (Lipinski definition) is 5. The van der Waals surface area contributed by atoms with Crippen LogP contribution in [0.15, 0.2) is 63.1 Å². The Balaban J connectivity index is 1.50. The van der Waals surface area contributed by atoms with Gasteiger partial charge in [-0.05, 0) is 42.1 Å². The van der Waals surface area contributed by atoms with Gasteiger partial charge >= 0.3 is 0 Å². The first-order chi connectivity index (χ1) is 11.8. The molecule has 0 saturated carbocycles. The standard InChI is InChI=1S/C18H20N2O3S/c21-18(19-8-7-17-6-3-11-24-17)14-20(12-15-4-1-9-22-15)13-16-5-2-10-23-16/h1-6,9-11H,7-8,12-14H2,(H,19,21). The third-order valence-electron chi connectivity index (χ3n) is 3.56. The molecular formula is C18H20N2O3S. The molecule has 3 aromatic heterocycles. The van der Waals surface area contributed by atoms with Gasteiger partial charge in [-0.3, -0.25) is 9.69 Å². The fraction of sp³-hybridized carbons (Fsp3) is 0.278. The van der Waals surface area contributed by atoms with E-state index in [1.165, 1.54) is 4.88 Å². The molecule has 0 aromatic carbocycles. The molecule has 0 aliphatic heterocycles.